The van der Waals surface area contributed by atoms with Crippen LogP contribution in [0.1, 0.15) is 12.5 Å². The van der Waals surface area contributed by atoms with Gasteiger partial charge < -0.3 is 14.7 Å². The van der Waals surface area contributed by atoms with Crippen LogP contribution < -0.4 is 4.74 Å². The second-order valence-electron chi connectivity index (χ2n) is 5.41. The van der Waals surface area contributed by atoms with Crippen molar-refractivity contribution in [3.63, 3.8) is 0 Å². The number of ether oxygens (including phenoxy) is 1. The molecule has 1 aliphatic rings. The Kier molecular flexibility index (Phi) is 5.31. The highest BCUT2D eigenvalue weighted by molar-refractivity contribution is 5.92. The van der Waals surface area contributed by atoms with Crippen LogP contribution in [0.4, 0.5) is 8.78 Å². The van der Waals surface area contributed by atoms with Crippen LogP contribution in [0.15, 0.2) is 30.3 Å². The van der Waals surface area contributed by atoms with Crippen LogP contribution in [0.3, 0.4) is 0 Å². The number of carbonyl (C=O) groups excluding carboxylic acids is 1. The van der Waals surface area contributed by atoms with Crippen LogP contribution in [0.25, 0.3) is 6.08 Å². The molecule has 2 atom stereocenters. The Morgan fingerprint density at radius 2 is 2.04 bits per heavy atom. The van der Waals surface area contributed by atoms with E-state index in [1.807, 2.05) is 0 Å². The quantitative estimate of drug-likeness (QED) is 0.845. The van der Waals surface area contributed by atoms with Gasteiger partial charge >= 0.3 is 12.6 Å². The van der Waals surface area contributed by atoms with Crippen LogP contribution in [0, 0.1) is 11.8 Å². The number of nitrogens with zero attached hydrogens (tertiary/aromatic N) is 1. The maximum atomic E-state index is 12.3. The molecule has 1 aromatic carbocycles. The Balaban J connectivity index is 2.06. The SMILES string of the molecule is C[C@@H]1CN(C(=O)/C=C/c2ccccc2OC(F)F)C[C@H]1C(=O)O. The van der Waals surface area contributed by atoms with E-state index in [0.29, 0.717) is 12.1 Å². The summed E-state index contributed by atoms with van der Waals surface area (Å²) in [4.78, 5) is 24.6. The molecule has 1 amide bonds. The van der Waals surface area contributed by atoms with Gasteiger partial charge in [-0.2, -0.15) is 8.78 Å². The number of aliphatic carboxylic acids is 1. The average molecular weight is 325 g/mol. The van der Waals surface area contributed by atoms with Crippen molar-refractivity contribution in [2.24, 2.45) is 11.8 Å². The molecule has 0 aliphatic carbocycles. The third kappa shape index (κ3) is 4.28. The summed E-state index contributed by atoms with van der Waals surface area (Å²) in [5, 5.41) is 9.07. The molecule has 0 bridgehead atoms. The van der Waals surface area contributed by atoms with Crippen molar-refractivity contribution >= 4 is 18.0 Å². The zero-order valence-electron chi connectivity index (χ0n) is 12.5. The topological polar surface area (TPSA) is 66.8 Å². The van der Waals surface area contributed by atoms with Gasteiger partial charge in [-0.05, 0) is 18.1 Å². The molecular weight excluding hydrogens is 308 g/mol. The lowest BCUT2D eigenvalue weighted by molar-refractivity contribution is -0.142. The second-order valence-corrected chi connectivity index (χ2v) is 5.41. The lowest BCUT2D eigenvalue weighted by atomic mass is 9.99. The zero-order chi connectivity index (χ0) is 17.0. The van der Waals surface area contributed by atoms with Gasteiger partial charge in [0.25, 0.3) is 0 Å². The summed E-state index contributed by atoms with van der Waals surface area (Å²) in [6.45, 7) is -0.665. The molecule has 0 aromatic heterocycles. The van der Waals surface area contributed by atoms with Crippen molar-refractivity contribution < 1.29 is 28.2 Å². The summed E-state index contributed by atoms with van der Waals surface area (Å²) in [7, 11) is 0. The van der Waals surface area contributed by atoms with Gasteiger partial charge in [-0.15, -0.1) is 0 Å². The number of alkyl halides is 2. The normalized spacial score (nSPS) is 21.1. The lowest BCUT2D eigenvalue weighted by Gasteiger charge is -2.13. The van der Waals surface area contributed by atoms with Gasteiger partial charge in [-0.1, -0.05) is 25.1 Å². The molecular formula is C16H17F2NO4. The van der Waals surface area contributed by atoms with Crippen molar-refractivity contribution in [2.45, 2.75) is 13.5 Å². The number of carbonyl (C=O) groups is 2. The number of amides is 1. The number of hydrogen-bond acceptors (Lipinski definition) is 3. The fraction of sp³-hybridized carbons (Fsp3) is 0.375. The molecule has 1 N–H and O–H groups in total. The first-order valence-corrected chi connectivity index (χ1v) is 7.12. The number of para-hydroxylation sites is 1. The van der Waals surface area contributed by atoms with E-state index in [9.17, 15) is 18.4 Å². The van der Waals surface area contributed by atoms with Gasteiger partial charge in [0.2, 0.25) is 5.91 Å². The monoisotopic (exact) mass is 325 g/mol. The standard InChI is InChI=1S/C16H17F2NO4/c1-10-8-19(9-12(10)15(21)22)14(20)7-6-11-4-2-3-5-13(11)23-16(17)18/h2-7,10,12,16H,8-9H2,1H3,(H,21,22)/b7-6+/t10-,12-/m1/s1. The van der Waals surface area contributed by atoms with E-state index >= 15 is 0 Å². The Morgan fingerprint density at radius 1 is 1.35 bits per heavy atom. The van der Waals surface area contributed by atoms with E-state index in [4.69, 9.17) is 5.11 Å². The largest absolute Gasteiger partial charge is 0.481 e. The van der Waals surface area contributed by atoms with Crippen molar-refractivity contribution in [3.05, 3.63) is 35.9 Å². The summed E-state index contributed by atoms with van der Waals surface area (Å²) in [5.41, 5.74) is 0.350. The molecule has 1 aromatic rings. The summed E-state index contributed by atoms with van der Waals surface area (Å²) in [6.07, 6.45) is 2.63. The average Bonchev–Trinajstić information content (AvgIpc) is 2.88. The minimum atomic E-state index is -2.95. The van der Waals surface area contributed by atoms with Crippen LogP contribution in [-0.2, 0) is 9.59 Å². The molecule has 23 heavy (non-hydrogen) atoms. The van der Waals surface area contributed by atoms with E-state index in [1.54, 1.807) is 25.1 Å². The van der Waals surface area contributed by atoms with Crippen LogP contribution in [-0.4, -0.2) is 41.6 Å². The van der Waals surface area contributed by atoms with Gasteiger partial charge in [0.15, 0.2) is 0 Å². The third-order valence-corrected chi connectivity index (χ3v) is 3.78. The predicted molar refractivity (Wildman–Crippen MR) is 79.0 cm³/mol. The van der Waals surface area contributed by atoms with Crippen molar-refractivity contribution in [3.8, 4) is 5.75 Å². The highest BCUT2D eigenvalue weighted by Gasteiger charge is 2.36. The minimum absolute atomic E-state index is 0.0234. The summed E-state index contributed by atoms with van der Waals surface area (Å²) < 4.78 is 29.0. The second kappa shape index (κ2) is 7.21. The number of carboxylic acids is 1. The molecule has 1 aliphatic heterocycles. The summed E-state index contributed by atoms with van der Waals surface area (Å²) in [5.74, 6) is -2.01. The molecule has 0 saturated carbocycles. The molecule has 124 valence electrons. The van der Waals surface area contributed by atoms with Gasteiger partial charge in [0.1, 0.15) is 5.75 Å². The summed E-state index contributed by atoms with van der Waals surface area (Å²) in [6, 6.07) is 6.13. The number of rotatable bonds is 5. The molecule has 1 heterocycles. The summed E-state index contributed by atoms with van der Waals surface area (Å²) >= 11 is 0. The van der Waals surface area contributed by atoms with Crippen molar-refractivity contribution in [1.29, 1.82) is 0 Å². The highest BCUT2D eigenvalue weighted by Crippen LogP contribution is 2.24. The predicted octanol–water partition coefficient (Wildman–Crippen LogP) is 2.48. The first-order valence-electron chi connectivity index (χ1n) is 7.12. The van der Waals surface area contributed by atoms with Gasteiger partial charge in [-0.25, -0.2) is 0 Å². The van der Waals surface area contributed by atoms with E-state index in [2.05, 4.69) is 4.74 Å². The minimum Gasteiger partial charge on any atom is -0.481 e. The molecule has 1 saturated heterocycles. The number of likely N-dealkylation sites (tertiary alicyclic amines) is 1. The van der Waals surface area contributed by atoms with Crippen molar-refractivity contribution in [1.82, 2.24) is 4.90 Å². The Hall–Kier alpha value is -2.44. The maximum absolute atomic E-state index is 12.3. The third-order valence-electron chi connectivity index (χ3n) is 3.78. The molecule has 0 spiro atoms. The van der Waals surface area contributed by atoms with Crippen LogP contribution in [0.2, 0.25) is 0 Å². The van der Waals surface area contributed by atoms with Crippen LogP contribution >= 0.6 is 0 Å². The van der Waals surface area contributed by atoms with E-state index in [0.717, 1.165) is 0 Å². The van der Waals surface area contributed by atoms with Gasteiger partial charge in [0, 0.05) is 24.7 Å². The fourth-order valence-electron chi connectivity index (χ4n) is 2.56. The molecule has 5 nitrogen and oxygen atoms in total. The molecule has 2 rings (SSSR count). The number of hydrogen-bond donors (Lipinski definition) is 1. The Morgan fingerprint density at radius 3 is 2.65 bits per heavy atom. The van der Waals surface area contributed by atoms with E-state index in [1.165, 1.54) is 23.1 Å². The molecule has 0 radical (unpaired) electrons. The van der Waals surface area contributed by atoms with E-state index in [-0.39, 0.29) is 24.1 Å². The lowest BCUT2D eigenvalue weighted by Crippen LogP contribution is -2.28. The van der Waals surface area contributed by atoms with Gasteiger partial charge in [0.05, 0.1) is 5.92 Å². The van der Waals surface area contributed by atoms with Gasteiger partial charge in [-0.3, -0.25) is 9.59 Å². The molecule has 1 fully saturated rings. The first kappa shape index (κ1) is 16.9. The first-order chi connectivity index (χ1) is 10.9. The molecule has 7 heteroatoms. The number of benzene rings is 1. The number of carboxylic acid groups (broad SMARTS) is 1. The number of halogens is 2. The maximum Gasteiger partial charge on any atom is 0.387 e. The smallest absolute Gasteiger partial charge is 0.387 e. The zero-order valence-corrected chi connectivity index (χ0v) is 12.5. The van der Waals surface area contributed by atoms with Crippen LogP contribution in [0.5, 0.6) is 5.75 Å². The fourth-order valence-corrected chi connectivity index (χ4v) is 2.56. The Labute approximate surface area is 132 Å². The highest BCUT2D eigenvalue weighted by atomic mass is 19.3. The Bertz CT molecular complexity index is 618. The van der Waals surface area contributed by atoms with E-state index < -0.39 is 18.5 Å². The molecule has 0 unspecified atom stereocenters. The van der Waals surface area contributed by atoms with Crippen molar-refractivity contribution in [2.75, 3.05) is 13.1 Å².